The fraction of sp³-hybridized carbons (Fsp3) is 0.182. The van der Waals surface area contributed by atoms with Crippen molar-refractivity contribution in [3.63, 3.8) is 0 Å². The monoisotopic (exact) mass is 225 g/mol. The van der Waals surface area contributed by atoms with Crippen LogP contribution in [0.1, 0.15) is 17.3 Å². The van der Waals surface area contributed by atoms with Crippen molar-refractivity contribution in [1.29, 1.82) is 0 Å². The molecule has 0 N–H and O–H groups in total. The van der Waals surface area contributed by atoms with Gasteiger partial charge in [0.25, 0.3) is 0 Å². The van der Waals surface area contributed by atoms with Crippen LogP contribution < -0.4 is 0 Å². The lowest BCUT2D eigenvalue weighted by atomic mass is 10.1. The van der Waals surface area contributed by atoms with E-state index in [1.807, 2.05) is 0 Å². The molecule has 0 fully saturated rings. The minimum absolute atomic E-state index is 0.156. The normalized spacial score (nSPS) is 10.9. The van der Waals surface area contributed by atoms with Gasteiger partial charge in [-0.3, -0.25) is 4.79 Å². The average Bonchev–Trinajstić information content (AvgIpc) is 2.41. The van der Waals surface area contributed by atoms with Crippen LogP contribution in [0.3, 0.4) is 0 Å². The summed E-state index contributed by atoms with van der Waals surface area (Å²) >= 11 is 5.98. The van der Waals surface area contributed by atoms with Crippen molar-refractivity contribution < 1.29 is 9.18 Å². The Labute approximate surface area is 91.3 Å². The van der Waals surface area contributed by atoms with E-state index in [0.29, 0.717) is 16.5 Å². The SMILES string of the molecule is CC(=O)c1c(Cl)n(C)c2c(F)cccc12. The van der Waals surface area contributed by atoms with E-state index in [4.69, 9.17) is 11.6 Å². The molecule has 1 aromatic carbocycles. The number of para-hydroxylation sites is 1. The zero-order chi connectivity index (χ0) is 11.2. The minimum atomic E-state index is -0.371. The number of hydrogen-bond acceptors (Lipinski definition) is 1. The summed E-state index contributed by atoms with van der Waals surface area (Å²) in [5.74, 6) is -0.527. The molecule has 0 radical (unpaired) electrons. The van der Waals surface area contributed by atoms with Gasteiger partial charge in [0, 0.05) is 12.4 Å². The van der Waals surface area contributed by atoms with Gasteiger partial charge in [0.1, 0.15) is 11.0 Å². The van der Waals surface area contributed by atoms with Crippen LogP contribution >= 0.6 is 11.6 Å². The van der Waals surface area contributed by atoms with Crippen molar-refractivity contribution >= 4 is 28.3 Å². The van der Waals surface area contributed by atoms with E-state index in [1.54, 1.807) is 19.2 Å². The zero-order valence-corrected chi connectivity index (χ0v) is 9.10. The smallest absolute Gasteiger partial charge is 0.163 e. The number of rotatable bonds is 1. The van der Waals surface area contributed by atoms with Crippen LogP contribution in [0.2, 0.25) is 5.15 Å². The lowest BCUT2D eigenvalue weighted by Crippen LogP contribution is -1.92. The van der Waals surface area contributed by atoms with Crippen molar-refractivity contribution in [3.05, 3.63) is 34.7 Å². The average molecular weight is 226 g/mol. The number of carbonyl (C=O) groups excluding carboxylic acids is 1. The third-order valence-corrected chi connectivity index (χ3v) is 2.89. The minimum Gasteiger partial charge on any atom is -0.332 e. The number of carbonyl (C=O) groups is 1. The second-order valence-corrected chi connectivity index (χ2v) is 3.78. The van der Waals surface area contributed by atoms with Crippen LogP contribution in [0.5, 0.6) is 0 Å². The van der Waals surface area contributed by atoms with Gasteiger partial charge in [0.05, 0.1) is 11.1 Å². The Balaban J connectivity index is 3.00. The van der Waals surface area contributed by atoms with Crippen LogP contribution in [0.15, 0.2) is 18.2 Å². The van der Waals surface area contributed by atoms with Crippen LogP contribution in [-0.2, 0) is 7.05 Å². The highest BCUT2D eigenvalue weighted by Gasteiger charge is 2.18. The lowest BCUT2D eigenvalue weighted by Gasteiger charge is -1.97. The molecule has 0 aliphatic rings. The van der Waals surface area contributed by atoms with Gasteiger partial charge in [-0.2, -0.15) is 0 Å². The first kappa shape index (κ1) is 10.2. The Morgan fingerprint density at radius 1 is 1.47 bits per heavy atom. The number of nitrogens with zero attached hydrogens (tertiary/aromatic N) is 1. The molecule has 0 aliphatic carbocycles. The van der Waals surface area contributed by atoms with Gasteiger partial charge in [-0.25, -0.2) is 4.39 Å². The van der Waals surface area contributed by atoms with Crippen LogP contribution in [0, 0.1) is 5.82 Å². The largest absolute Gasteiger partial charge is 0.332 e. The van der Waals surface area contributed by atoms with E-state index in [0.717, 1.165) is 0 Å². The molecule has 78 valence electrons. The molecule has 0 saturated heterocycles. The molecule has 1 heterocycles. The van der Waals surface area contributed by atoms with E-state index in [-0.39, 0.29) is 16.8 Å². The summed E-state index contributed by atoms with van der Waals surface area (Å²) in [5.41, 5.74) is 0.751. The third kappa shape index (κ3) is 1.35. The zero-order valence-electron chi connectivity index (χ0n) is 8.34. The molecule has 2 rings (SSSR count). The fourth-order valence-corrected chi connectivity index (χ4v) is 2.09. The Morgan fingerprint density at radius 2 is 2.13 bits per heavy atom. The quantitative estimate of drug-likeness (QED) is 0.684. The second kappa shape index (κ2) is 3.35. The third-order valence-electron chi connectivity index (χ3n) is 2.44. The number of Topliss-reactive ketones (excluding diaryl/α,β-unsaturated/α-hetero) is 1. The number of aromatic nitrogens is 1. The van der Waals surface area contributed by atoms with Crippen molar-refractivity contribution in [2.24, 2.45) is 7.05 Å². The first-order valence-corrected chi connectivity index (χ1v) is 4.85. The number of halogens is 2. The summed E-state index contributed by atoms with van der Waals surface area (Å²) < 4.78 is 15.0. The van der Waals surface area contributed by atoms with Gasteiger partial charge in [0.15, 0.2) is 5.78 Å². The maximum atomic E-state index is 13.5. The molecule has 15 heavy (non-hydrogen) atoms. The Morgan fingerprint density at radius 3 is 2.73 bits per heavy atom. The van der Waals surface area contributed by atoms with Gasteiger partial charge < -0.3 is 4.57 Å². The van der Waals surface area contributed by atoms with E-state index in [2.05, 4.69) is 0 Å². The summed E-state index contributed by atoms with van der Waals surface area (Å²) in [6.07, 6.45) is 0. The van der Waals surface area contributed by atoms with Crippen molar-refractivity contribution in [1.82, 2.24) is 4.57 Å². The van der Waals surface area contributed by atoms with Crippen LogP contribution in [-0.4, -0.2) is 10.4 Å². The molecule has 4 heteroatoms. The highest BCUT2D eigenvalue weighted by molar-refractivity contribution is 6.35. The molecule has 0 unspecified atom stereocenters. The molecule has 0 amide bonds. The van der Waals surface area contributed by atoms with E-state index in [1.165, 1.54) is 17.6 Å². The summed E-state index contributed by atoms with van der Waals surface area (Å²) in [7, 11) is 1.64. The molecular formula is C11H9ClFNO. The molecule has 0 atom stereocenters. The van der Waals surface area contributed by atoms with Gasteiger partial charge in [-0.05, 0) is 13.0 Å². The summed E-state index contributed by atoms with van der Waals surface area (Å²) in [5, 5.41) is 0.845. The molecule has 0 bridgehead atoms. The van der Waals surface area contributed by atoms with Crippen molar-refractivity contribution in [2.45, 2.75) is 6.92 Å². The van der Waals surface area contributed by atoms with Crippen molar-refractivity contribution in [2.75, 3.05) is 0 Å². The van der Waals surface area contributed by atoms with E-state index < -0.39 is 0 Å². The summed E-state index contributed by atoms with van der Waals surface area (Å²) in [4.78, 5) is 11.4. The van der Waals surface area contributed by atoms with E-state index in [9.17, 15) is 9.18 Å². The first-order valence-electron chi connectivity index (χ1n) is 4.47. The van der Waals surface area contributed by atoms with Gasteiger partial charge in [-0.1, -0.05) is 23.7 Å². The maximum absolute atomic E-state index is 13.5. The van der Waals surface area contributed by atoms with Gasteiger partial charge in [-0.15, -0.1) is 0 Å². The maximum Gasteiger partial charge on any atom is 0.163 e. The summed E-state index contributed by atoms with van der Waals surface area (Å²) in [6, 6.07) is 4.62. The Bertz CT molecular complexity index is 559. The highest BCUT2D eigenvalue weighted by Crippen LogP contribution is 2.30. The predicted octanol–water partition coefficient (Wildman–Crippen LogP) is 3.17. The molecule has 1 aromatic heterocycles. The molecule has 0 saturated carbocycles. The van der Waals surface area contributed by atoms with E-state index >= 15 is 0 Å². The van der Waals surface area contributed by atoms with Crippen LogP contribution in [0.4, 0.5) is 4.39 Å². The molecular weight excluding hydrogens is 217 g/mol. The standard InChI is InChI=1S/C11H9ClFNO/c1-6(15)9-7-4-3-5-8(13)10(7)14(2)11(9)12/h3-5H,1-2H3. The molecule has 0 aliphatic heterocycles. The number of aryl methyl sites for hydroxylation is 1. The summed E-state index contributed by atoms with van der Waals surface area (Å²) in [6.45, 7) is 1.42. The number of benzene rings is 1. The topological polar surface area (TPSA) is 22.0 Å². The molecule has 2 nitrogen and oxygen atoms in total. The molecule has 0 spiro atoms. The highest BCUT2D eigenvalue weighted by atomic mass is 35.5. The van der Waals surface area contributed by atoms with Crippen molar-refractivity contribution in [3.8, 4) is 0 Å². The number of hydrogen-bond donors (Lipinski definition) is 0. The lowest BCUT2D eigenvalue weighted by molar-refractivity contribution is 0.101. The number of fused-ring (bicyclic) bond motifs is 1. The second-order valence-electron chi connectivity index (χ2n) is 3.42. The van der Waals surface area contributed by atoms with Crippen LogP contribution in [0.25, 0.3) is 10.9 Å². The Kier molecular flexibility index (Phi) is 2.27. The molecule has 2 aromatic rings. The van der Waals surface area contributed by atoms with Gasteiger partial charge in [0.2, 0.25) is 0 Å². The number of ketones is 1. The predicted molar refractivity (Wildman–Crippen MR) is 57.9 cm³/mol. The van der Waals surface area contributed by atoms with Gasteiger partial charge >= 0.3 is 0 Å². The Hall–Kier alpha value is -1.35. The fourth-order valence-electron chi connectivity index (χ4n) is 1.77. The first-order chi connectivity index (χ1) is 7.04.